The number of carbonyl (C=O) groups excluding carboxylic acids is 1. The van der Waals surface area contributed by atoms with Crippen molar-refractivity contribution in [3.05, 3.63) is 111 Å². The van der Waals surface area contributed by atoms with Crippen molar-refractivity contribution in [2.24, 2.45) is 0 Å². The van der Waals surface area contributed by atoms with Crippen molar-refractivity contribution in [2.75, 3.05) is 20.3 Å². The number of aryl methyl sites for hydroxylation is 1. The third-order valence-corrected chi connectivity index (χ3v) is 7.89. The molecule has 0 amide bonds. The fourth-order valence-electron chi connectivity index (χ4n) is 5.21. The maximum absolute atomic E-state index is 14.8. The molecule has 1 heterocycles. The molecule has 4 aromatic carbocycles. The molecule has 5 atom stereocenters. The highest BCUT2D eigenvalue weighted by molar-refractivity contribution is 6.30. The van der Waals surface area contributed by atoms with E-state index in [0.717, 1.165) is 5.39 Å². The van der Waals surface area contributed by atoms with E-state index in [1.807, 2.05) is 30.3 Å². The Morgan fingerprint density at radius 3 is 2.15 bits per heavy atom. The number of halogens is 6. The first-order chi connectivity index (χ1) is 22.5. The van der Waals surface area contributed by atoms with Crippen LogP contribution in [0.15, 0.2) is 60.7 Å². The Bertz CT molecular complexity index is 1710. The number of fused-ring (bicyclic) bond motifs is 1. The van der Waals surface area contributed by atoms with Crippen molar-refractivity contribution in [1.82, 2.24) is 0 Å². The minimum absolute atomic E-state index is 0.000946. The lowest BCUT2D eigenvalue weighted by Gasteiger charge is -2.44. The van der Waals surface area contributed by atoms with Gasteiger partial charge in [0.05, 0.1) is 25.9 Å². The molecule has 0 aliphatic carbocycles. The van der Waals surface area contributed by atoms with Gasteiger partial charge in [-0.05, 0) is 42.5 Å². The molecule has 0 radical (unpaired) electrons. The Kier molecular flexibility index (Phi) is 11.0. The first kappa shape index (κ1) is 34.5. The summed E-state index contributed by atoms with van der Waals surface area (Å²) < 4.78 is 107. The van der Waals surface area contributed by atoms with Gasteiger partial charge in [0, 0.05) is 17.5 Å². The number of esters is 1. The van der Waals surface area contributed by atoms with E-state index in [9.17, 15) is 26.7 Å². The highest BCUT2D eigenvalue weighted by atomic mass is 35.5. The summed E-state index contributed by atoms with van der Waals surface area (Å²) in [6, 6.07) is 17.6. The van der Waals surface area contributed by atoms with Gasteiger partial charge in [-0.1, -0.05) is 60.1 Å². The maximum atomic E-state index is 14.8. The summed E-state index contributed by atoms with van der Waals surface area (Å²) in [5, 5.41) is 1.99. The standard InChI is InChI=1S/C34H30ClF5O7/c1-17-8-11-20-6-4-5-7-22(20)29(17)46-30-18(2)45-34(43-15-14-42-3)32(44-16-19-9-12-21(35)13-10-19)31(30)47-33(41)23-24(36)26(38)28(40)27(39)25(23)37/h4-13,18,30-32,34H,14-16H2,1-3H3/t18-,30-,31+,32+,34+/m0/s1. The van der Waals surface area contributed by atoms with Crippen molar-refractivity contribution in [2.45, 2.75) is 51.2 Å². The van der Waals surface area contributed by atoms with Gasteiger partial charge in [0.1, 0.15) is 17.4 Å². The second-order valence-corrected chi connectivity index (χ2v) is 11.2. The molecule has 1 fully saturated rings. The zero-order valence-corrected chi connectivity index (χ0v) is 26.2. The van der Waals surface area contributed by atoms with Crippen LogP contribution in [0.2, 0.25) is 5.02 Å². The third-order valence-electron chi connectivity index (χ3n) is 7.64. The molecule has 0 bridgehead atoms. The maximum Gasteiger partial charge on any atom is 0.344 e. The van der Waals surface area contributed by atoms with Crippen LogP contribution in [0, 0.1) is 36.0 Å². The van der Waals surface area contributed by atoms with E-state index < -0.39 is 71.3 Å². The Balaban J connectivity index is 1.58. The number of ether oxygens (including phenoxy) is 6. The summed E-state index contributed by atoms with van der Waals surface area (Å²) in [6.45, 7) is 3.41. The van der Waals surface area contributed by atoms with E-state index >= 15 is 0 Å². The molecule has 0 spiro atoms. The number of methoxy groups -OCH3 is 1. The van der Waals surface area contributed by atoms with Crippen LogP contribution in [-0.4, -0.2) is 57.0 Å². The molecule has 1 saturated heterocycles. The van der Waals surface area contributed by atoms with Gasteiger partial charge in [0.2, 0.25) is 5.82 Å². The van der Waals surface area contributed by atoms with Crippen LogP contribution in [0.4, 0.5) is 22.0 Å². The number of carbonyl (C=O) groups is 1. The summed E-state index contributed by atoms with van der Waals surface area (Å²) in [4.78, 5) is 13.4. The van der Waals surface area contributed by atoms with Crippen LogP contribution in [0.25, 0.3) is 10.8 Å². The van der Waals surface area contributed by atoms with E-state index in [0.29, 0.717) is 27.3 Å². The van der Waals surface area contributed by atoms with Gasteiger partial charge in [-0.15, -0.1) is 0 Å². The number of rotatable bonds is 11. The monoisotopic (exact) mass is 680 g/mol. The zero-order valence-electron chi connectivity index (χ0n) is 25.4. The average Bonchev–Trinajstić information content (AvgIpc) is 3.06. The molecule has 13 heteroatoms. The highest BCUT2D eigenvalue weighted by Gasteiger charge is 2.50. The van der Waals surface area contributed by atoms with E-state index in [-0.39, 0.29) is 19.8 Å². The van der Waals surface area contributed by atoms with Gasteiger partial charge in [-0.3, -0.25) is 0 Å². The smallest absolute Gasteiger partial charge is 0.344 e. The Hall–Kier alpha value is -3.81. The number of hydrogen-bond donors (Lipinski definition) is 0. The van der Waals surface area contributed by atoms with Crippen LogP contribution < -0.4 is 4.74 Å². The van der Waals surface area contributed by atoms with Gasteiger partial charge in [-0.25, -0.2) is 26.7 Å². The molecule has 0 unspecified atom stereocenters. The van der Waals surface area contributed by atoms with E-state index in [1.54, 1.807) is 44.2 Å². The molecular weight excluding hydrogens is 651 g/mol. The zero-order chi connectivity index (χ0) is 33.8. The molecule has 0 saturated carbocycles. The fourth-order valence-corrected chi connectivity index (χ4v) is 5.34. The molecule has 0 N–H and O–H groups in total. The minimum Gasteiger partial charge on any atom is -0.483 e. The predicted octanol–water partition coefficient (Wildman–Crippen LogP) is 7.46. The number of hydrogen-bond acceptors (Lipinski definition) is 7. The molecule has 4 aromatic rings. The third kappa shape index (κ3) is 7.37. The van der Waals surface area contributed by atoms with Crippen LogP contribution in [0.5, 0.6) is 5.75 Å². The molecule has 7 nitrogen and oxygen atoms in total. The van der Waals surface area contributed by atoms with Crippen LogP contribution >= 0.6 is 11.6 Å². The first-order valence-electron chi connectivity index (χ1n) is 14.5. The summed E-state index contributed by atoms with van der Waals surface area (Å²) in [5.41, 5.74) is -0.442. The molecule has 0 aromatic heterocycles. The van der Waals surface area contributed by atoms with Crippen molar-refractivity contribution < 1.29 is 55.2 Å². The van der Waals surface area contributed by atoms with E-state index in [4.69, 9.17) is 40.0 Å². The molecule has 250 valence electrons. The second kappa shape index (κ2) is 15.0. The lowest BCUT2D eigenvalue weighted by atomic mass is 9.97. The quantitative estimate of drug-likeness (QED) is 0.0535. The largest absolute Gasteiger partial charge is 0.483 e. The van der Waals surface area contributed by atoms with Gasteiger partial charge in [-0.2, -0.15) is 0 Å². The van der Waals surface area contributed by atoms with Crippen LogP contribution in [0.3, 0.4) is 0 Å². The van der Waals surface area contributed by atoms with Gasteiger partial charge in [0.15, 0.2) is 41.8 Å². The summed E-state index contributed by atoms with van der Waals surface area (Å²) in [7, 11) is 1.45. The second-order valence-electron chi connectivity index (χ2n) is 10.8. The predicted molar refractivity (Wildman–Crippen MR) is 161 cm³/mol. The van der Waals surface area contributed by atoms with Gasteiger partial charge < -0.3 is 28.4 Å². The SMILES string of the molecule is COCCO[C@@H]1O[C@@H](C)[C@H](Oc2c(C)ccc3ccccc23)[C@@H](OC(=O)c2c(F)c(F)c(F)c(F)c2F)[C@H]1OCc1ccc(Cl)cc1. The first-order valence-corrected chi connectivity index (χ1v) is 14.9. The van der Waals surface area contributed by atoms with Crippen molar-refractivity contribution >= 4 is 28.3 Å². The average molecular weight is 681 g/mol. The van der Waals surface area contributed by atoms with Gasteiger partial charge >= 0.3 is 5.97 Å². The topological polar surface area (TPSA) is 72.5 Å². The lowest BCUT2D eigenvalue weighted by molar-refractivity contribution is -0.301. The molecule has 1 aliphatic heterocycles. The Labute approximate surface area is 272 Å². The minimum atomic E-state index is -2.42. The Morgan fingerprint density at radius 1 is 0.809 bits per heavy atom. The normalized spacial score (nSPS) is 21.2. The van der Waals surface area contributed by atoms with Crippen molar-refractivity contribution in [3.8, 4) is 5.75 Å². The molecular formula is C34H30ClF5O7. The van der Waals surface area contributed by atoms with E-state index in [2.05, 4.69) is 0 Å². The highest BCUT2D eigenvalue weighted by Crippen LogP contribution is 2.36. The summed E-state index contributed by atoms with van der Waals surface area (Å²) >= 11 is 6.01. The molecule has 5 rings (SSSR count). The van der Waals surface area contributed by atoms with Crippen molar-refractivity contribution in [3.63, 3.8) is 0 Å². The molecule has 47 heavy (non-hydrogen) atoms. The summed E-state index contributed by atoms with van der Waals surface area (Å²) in [6.07, 6.45) is -6.33. The molecule has 1 aliphatic rings. The van der Waals surface area contributed by atoms with E-state index in [1.165, 1.54) is 7.11 Å². The van der Waals surface area contributed by atoms with Crippen molar-refractivity contribution in [1.29, 1.82) is 0 Å². The fraction of sp³-hybridized carbons (Fsp3) is 0.324. The summed E-state index contributed by atoms with van der Waals surface area (Å²) in [5.74, 6) is -13.2. The van der Waals surface area contributed by atoms with Gasteiger partial charge in [0.25, 0.3) is 0 Å². The van der Waals surface area contributed by atoms with Crippen LogP contribution in [-0.2, 0) is 30.3 Å². The Morgan fingerprint density at radius 2 is 1.47 bits per heavy atom. The lowest BCUT2D eigenvalue weighted by Crippen LogP contribution is -2.61. The van der Waals surface area contributed by atoms with Crippen LogP contribution in [0.1, 0.15) is 28.4 Å². The number of benzene rings is 4.